The van der Waals surface area contributed by atoms with E-state index in [0.717, 1.165) is 11.3 Å². The van der Waals surface area contributed by atoms with Crippen LogP contribution < -0.4 is 10.6 Å². The number of urea groups is 1. The molecular formula is C13H19N3O3. The number of aliphatic carboxylic acids is 1. The minimum atomic E-state index is -0.983. The van der Waals surface area contributed by atoms with Gasteiger partial charge in [0.15, 0.2) is 0 Å². The zero-order valence-electron chi connectivity index (χ0n) is 11.4. The summed E-state index contributed by atoms with van der Waals surface area (Å²) >= 11 is 0. The number of carboxylic acids is 1. The van der Waals surface area contributed by atoms with Crippen molar-refractivity contribution in [1.82, 2.24) is 15.6 Å². The van der Waals surface area contributed by atoms with Crippen molar-refractivity contribution in [3.8, 4) is 0 Å². The molecule has 0 saturated carbocycles. The lowest BCUT2D eigenvalue weighted by Gasteiger charge is -2.19. The number of carbonyl (C=O) groups is 2. The molecule has 1 rings (SSSR count). The molecule has 6 heteroatoms. The Hall–Kier alpha value is -2.11. The molecule has 1 heterocycles. The predicted molar refractivity (Wildman–Crippen MR) is 70.6 cm³/mol. The van der Waals surface area contributed by atoms with Crippen LogP contribution in [0.15, 0.2) is 18.3 Å². The van der Waals surface area contributed by atoms with E-state index in [1.807, 2.05) is 19.1 Å². The van der Waals surface area contributed by atoms with Crippen LogP contribution in [0.4, 0.5) is 4.79 Å². The van der Waals surface area contributed by atoms with Gasteiger partial charge in [0.25, 0.3) is 0 Å². The second-order valence-electron chi connectivity index (χ2n) is 5.03. The molecule has 0 bridgehead atoms. The number of carboxylic acid groups (broad SMARTS) is 1. The lowest BCUT2D eigenvalue weighted by molar-refractivity contribution is -0.146. The fourth-order valence-corrected chi connectivity index (χ4v) is 1.22. The lowest BCUT2D eigenvalue weighted by atomic mass is 9.94. The summed E-state index contributed by atoms with van der Waals surface area (Å²) in [6, 6.07) is 3.35. The summed E-state index contributed by atoms with van der Waals surface area (Å²) in [7, 11) is 0. The number of nitrogens with one attached hydrogen (secondary N) is 2. The van der Waals surface area contributed by atoms with E-state index in [1.54, 1.807) is 20.0 Å². The summed E-state index contributed by atoms with van der Waals surface area (Å²) in [6.45, 7) is 5.42. The Morgan fingerprint density at radius 1 is 1.32 bits per heavy atom. The third-order valence-corrected chi connectivity index (χ3v) is 2.70. The quantitative estimate of drug-likeness (QED) is 0.748. The molecule has 0 aliphatic carbocycles. The maximum atomic E-state index is 11.5. The van der Waals surface area contributed by atoms with Crippen molar-refractivity contribution in [2.45, 2.75) is 27.3 Å². The molecule has 2 amide bonds. The third-order valence-electron chi connectivity index (χ3n) is 2.70. The topological polar surface area (TPSA) is 91.3 Å². The summed E-state index contributed by atoms with van der Waals surface area (Å²) in [6.07, 6.45) is 1.69. The smallest absolute Gasteiger partial charge is 0.315 e. The van der Waals surface area contributed by atoms with Gasteiger partial charge in [0, 0.05) is 25.0 Å². The van der Waals surface area contributed by atoms with Gasteiger partial charge in [-0.15, -0.1) is 0 Å². The van der Waals surface area contributed by atoms with Gasteiger partial charge in [-0.2, -0.15) is 0 Å². The molecule has 0 radical (unpaired) electrons. The van der Waals surface area contributed by atoms with Gasteiger partial charge in [0.2, 0.25) is 0 Å². The normalized spacial score (nSPS) is 10.9. The number of nitrogens with zero attached hydrogens (tertiary/aromatic N) is 1. The first-order valence-corrected chi connectivity index (χ1v) is 5.98. The van der Waals surface area contributed by atoms with E-state index >= 15 is 0 Å². The Balaban J connectivity index is 2.36. The second kappa shape index (κ2) is 6.17. The zero-order chi connectivity index (χ0) is 14.5. The molecule has 104 valence electrons. The summed E-state index contributed by atoms with van der Waals surface area (Å²) in [5.41, 5.74) is 0.817. The van der Waals surface area contributed by atoms with Crippen molar-refractivity contribution < 1.29 is 14.7 Å². The molecule has 3 N–H and O–H groups in total. The average molecular weight is 265 g/mol. The molecule has 0 unspecified atom stereocenters. The number of pyridine rings is 1. The number of aromatic nitrogens is 1. The van der Waals surface area contributed by atoms with Gasteiger partial charge in [-0.05, 0) is 32.4 Å². The van der Waals surface area contributed by atoms with E-state index in [2.05, 4.69) is 15.6 Å². The van der Waals surface area contributed by atoms with Gasteiger partial charge in [-0.1, -0.05) is 6.07 Å². The number of rotatable bonds is 5. The van der Waals surface area contributed by atoms with Crippen molar-refractivity contribution in [2.75, 3.05) is 6.54 Å². The molecule has 0 aliphatic heterocycles. The zero-order valence-corrected chi connectivity index (χ0v) is 11.4. The molecule has 0 spiro atoms. The van der Waals surface area contributed by atoms with Crippen molar-refractivity contribution in [3.63, 3.8) is 0 Å². The minimum absolute atomic E-state index is 0.0698. The van der Waals surface area contributed by atoms with Gasteiger partial charge < -0.3 is 15.7 Å². The van der Waals surface area contributed by atoms with Gasteiger partial charge in [0.1, 0.15) is 0 Å². The predicted octanol–water partition coefficient (Wildman–Crippen LogP) is 1.30. The molecule has 0 fully saturated rings. The SMILES string of the molecule is Cc1ccc(CNC(=O)NCC(C)(C)C(=O)O)cn1. The Bertz CT molecular complexity index is 455. The van der Waals surface area contributed by atoms with Crippen LogP contribution in [-0.4, -0.2) is 28.6 Å². The number of hydrogen-bond acceptors (Lipinski definition) is 3. The molecule has 1 aromatic heterocycles. The molecule has 1 aromatic rings. The number of hydrogen-bond donors (Lipinski definition) is 3. The summed E-state index contributed by atoms with van der Waals surface area (Å²) < 4.78 is 0. The minimum Gasteiger partial charge on any atom is -0.481 e. The van der Waals surface area contributed by atoms with E-state index in [0.29, 0.717) is 6.54 Å². The van der Waals surface area contributed by atoms with E-state index in [4.69, 9.17) is 5.11 Å². The molecule has 0 saturated heterocycles. The monoisotopic (exact) mass is 265 g/mol. The van der Waals surface area contributed by atoms with Crippen LogP contribution >= 0.6 is 0 Å². The highest BCUT2D eigenvalue weighted by molar-refractivity contribution is 5.77. The molecule has 19 heavy (non-hydrogen) atoms. The highest BCUT2D eigenvalue weighted by atomic mass is 16.4. The Morgan fingerprint density at radius 2 is 2.00 bits per heavy atom. The number of aryl methyl sites for hydroxylation is 1. The van der Waals surface area contributed by atoms with E-state index < -0.39 is 17.4 Å². The van der Waals surface area contributed by atoms with Gasteiger partial charge in [-0.25, -0.2) is 4.79 Å². The van der Waals surface area contributed by atoms with Crippen molar-refractivity contribution in [3.05, 3.63) is 29.6 Å². The highest BCUT2D eigenvalue weighted by Crippen LogP contribution is 2.12. The summed E-state index contributed by atoms with van der Waals surface area (Å²) in [5, 5.41) is 14.1. The first kappa shape index (κ1) is 14.9. The Labute approximate surface area is 112 Å². The fraction of sp³-hybridized carbons (Fsp3) is 0.462. The van der Waals surface area contributed by atoms with E-state index in [1.165, 1.54) is 0 Å². The summed E-state index contributed by atoms with van der Waals surface area (Å²) in [4.78, 5) is 26.5. The van der Waals surface area contributed by atoms with E-state index in [9.17, 15) is 9.59 Å². The van der Waals surface area contributed by atoms with E-state index in [-0.39, 0.29) is 6.54 Å². The van der Waals surface area contributed by atoms with Crippen molar-refractivity contribution in [1.29, 1.82) is 0 Å². The van der Waals surface area contributed by atoms with Gasteiger partial charge in [0.05, 0.1) is 5.41 Å². The maximum absolute atomic E-state index is 11.5. The first-order chi connectivity index (χ1) is 8.81. The Morgan fingerprint density at radius 3 is 2.53 bits per heavy atom. The largest absolute Gasteiger partial charge is 0.481 e. The molecule has 6 nitrogen and oxygen atoms in total. The van der Waals surface area contributed by atoms with Crippen LogP contribution in [0, 0.1) is 12.3 Å². The second-order valence-corrected chi connectivity index (χ2v) is 5.03. The van der Waals surface area contributed by atoms with Crippen LogP contribution in [0.25, 0.3) is 0 Å². The lowest BCUT2D eigenvalue weighted by Crippen LogP contribution is -2.43. The Kier molecular flexibility index (Phi) is 4.86. The van der Waals surface area contributed by atoms with Crippen LogP contribution in [0.2, 0.25) is 0 Å². The molecular weight excluding hydrogens is 246 g/mol. The summed E-state index contributed by atoms with van der Waals surface area (Å²) in [5.74, 6) is -0.949. The third kappa shape index (κ3) is 4.95. The fourth-order valence-electron chi connectivity index (χ4n) is 1.22. The van der Waals surface area contributed by atoms with Gasteiger partial charge in [-0.3, -0.25) is 9.78 Å². The number of amides is 2. The standard InChI is InChI=1S/C13H19N3O3/c1-9-4-5-10(6-14-9)7-15-12(19)16-8-13(2,3)11(17)18/h4-6H,7-8H2,1-3H3,(H,17,18)(H2,15,16,19). The maximum Gasteiger partial charge on any atom is 0.315 e. The van der Waals surface area contributed by atoms with Crippen molar-refractivity contribution in [2.24, 2.45) is 5.41 Å². The molecule has 0 aromatic carbocycles. The first-order valence-electron chi connectivity index (χ1n) is 5.98. The highest BCUT2D eigenvalue weighted by Gasteiger charge is 2.27. The van der Waals surface area contributed by atoms with Crippen LogP contribution in [0.5, 0.6) is 0 Å². The van der Waals surface area contributed by atoms with Crippen LogP contribution in [0.1, 0.15) is 25.1 Å². The molecule has 0 aliphatic rings. The van der Waals surface area contributed by atoms with Gasteiger partial charge >= 0.3 is 12.0 Å². The molecule has 0 atom stereocenters. The van der Waals surface area contributed by atoms with Crippen LogP contribution in [0.3, 0.4) is 0 Å². The van der Waals surface area contributed by atoms with Crippen LogP contribution in [-0.2, 0) is 11.3 Å². The average Bonchev–Trinajstić information content (AvgIpc) is 2.35. The number of carbonyl (C=O) groups excluding carboxylic acids is 1. The van der Waals surface area contributed by atoms with Crippen molar-refractivity contribution >= 4 is 12.0 Å².